The number of amides is 2. The topological polar surface area (TPSA) is 107 Å². The molecule has 0 aliphatic carbocycles. The molecule has 33 heavy (non-hydrogen) atoms. The predicted octanol–water partition coefficient (Wildman–Crippen LogP) is 5.17. The maximum absolute atomic E-state index is 13.0. The number of rotatable bonds is 5. The zero-order valence-electron chi connectivity index (χ0n) is 16.4. The summed E-state index contributed by atoms with van der Waals surface area (Å²) in [5.41, 5.74) is -0.716. The predicted molar refractivity (Wildman–Crippen MR) is 113 cm³/mol. The average molecular weight is 476 g/mol. The van der Waals surface area contributed by atoms with E-state index in [1.165, 1.54) is 29.7 Å². The van der Waals surface area contributed by atoms with Gasteiger partial charge in [-0.25, -0.2) is 24.4 Å². The molecule has 0 saturated carbocycles. The number of ether oxygens (including phenoxy) is 1. The van der Waals surface area contributed by atoms with Crippen molar-refractivity contribution in [1.29, 1.82) is 0 Å². The lowest BCUT2D eigenvalue weighted by Crippen LogP contribution is -2.19. The monoisotopic (exact) mass is 475 g/mol. The van der Waals surface area contributed by atoms with Gasteiger partial charge in [-0.3, -0.25) is 0 Å². The van der Waals surface area contributed by atoms with Crippen LogP contribution in [0.3, 0.4) is 0 Å². The highest BCUT2D eigenvalue weighted by atomic mass is 35.5. The van der Waals surface area contributed by atoms with Gasteiger partial charge in [0.1, 0.15) is 24.7 Å². The number of hydrogen-bond acceptors (Lipinski definition) is 6. The van der Waals surface area contributed by atoms with Crippen molar-refractivity contribution in [2.45, 2.75) is 6.18 Å². The van der Waals surface area contributed by atoms with Crippen molar-refractivity contribution >= 4 is 29.0 Å². The lowest BCUT2D eigenvalue weighted by molar-refractivity contribution is -0.137. The van der Waals surface area contributed by atoms with Crippen molar-refractivity contribution in [3.63, 3.8) is 0 Å². The molecule has 0 spiro atoms. The first kappa shape index (κ1) is 22.0. The summed E-state index contributed by atoms with van der Waals surface area (Å²) < 4.78 is 46.0. The lowest BCUT2D eigenvalue weighted by Gasteiger charge is -2.12. The molecular weight excluding hydrogens is 463 g/mol. The smallest absolute Gasteiger partial charge is 0.417 e. The Kier molecular flexibility index (Phi) is 6.09. The first-order valence-corrected chi connectivity index (χ1v) is 9.55. The van der Waals surface area contributed by atoms with Crippen molar-refractivity contribution in [1.82, 2.24) is 24.7 Å². The Morgan fingerprint density at radius 2 is 1.70 bits per heavy atom. The minimum atomic E-state index is -4.64. The van der Waals surface area contributed by atoms with E-state index in [4.69, 9.17) is 16.3 Å². The maximum Gasteiger partial charge on any atom is 0.417 e. The number of nitrogens with one attached hydrogen (secondary N) is 2. The molecule has 0 radical (unpaired) electrons. The van der Waals surface area contributed by atoms with E-state index in [0.717, 1.165) is 12.1 Å². The molecule has 0 fully saturated rings. The Hall–Kier alpha value is -4.19. The van der Waals surface area contributed by atoms with Crippen LogP contribution >= 0.6 is 11.6 Å². The third-order valence-electron chi connectivity index (χ3n) is 4.15. The van der Waals surface area contributed by atoms with Crippen molar-refractivity contribution in [2.24, 2.45) is 0 Å². The van der Waals surface area contributed by atoms with Gasteiger partial charge >= 0.3 is 12.2 Å². The van der Waals surface area contributed by atoms with E-state index in [1.54, 1.807) is 30.3 Å². The van der Waals surface area contributed by atoms with Crippen LogP contribution in [0.25, 0.3) is 5.82 Å². The van der Waals surface area contributed by atoms with Crippen LogP contribution in [0.5, 0.6) is 11.6 Å². The molecule has 4 rings (SSSR count). The Bertz CT molecular complexity index is 1270. The zero-order chi connectivity index (χ0) is 23.4. The summed E-state index contributed by atoms with van der Waals surface area (Å²) in [4.78, 5) is 24.1. The Balaban J connectivity index is 1.38. The SMILES string of the molecule is O=C(Nc1ccc(Oc2cc(-n3cncn3)ncn2)cc1)Nc1ccc(Cl)c(C(F)(F)F)c1. The van der Waals surface area contributed by atoms with Gasteiger partial charge in [0.15, 0.2) is 5.82 Å². The fourth-order valence-corrected chi connectivity index (χ4v) is 2.90. The van der Waals surface area contributed by atoms with Crippen LogP contribution in [0.15, 0.2) is 67.5 Å². The first-order valence-electron chi connectivity index (χ1n) is 9.18. The number of anilines is 2. The molecule has 2 aromatic heterocycles. The van der Waals surface area contributed by atoms with Gasteiger partial charge in [0.2, 0.25) is 5.88 Å². The number of urea groups is 1. The molecule has 0 aliphatic heterocycles. The van der Waals surface area contributed by atoms with E-state index >= 15 is 0 Å². The molecule has 2 amide bonds. The molecule has 2 aromatic carbocycles. The van der Waals surface area contributed by atoms with Gasteiger partial charge in [-0.2, -0.15) is 18.3 Å². The van der Waals surface area contributed by atoms with E-state index in [0.29, 0.717) is 17.3 Å². The Morgan fingerprint density at radius 1 is 0.970 bits per heavy atom. The first-order chi connectivity index (χ1) is 15.8. The molecule has 13 heteroatoms. The number of halogens is 4. The average Bonchev–Trinajstić information content (AvgIpc) is 3.31. The van der Waals surface area contributed by atoms with E-state index in [2.05, 4.69) is 30.7 Å². The van der Waals surface area contributed by atoms with Gasteiger partial charge in [0.05, 0.1) is 10.6 Å². The van der Waals surface area contributed by atoms with E-state index in [1.807, 2.05) is 0 Å². The minimum absolute atomic E-state index is 0.0591. The second-order valence-corrected chi connectivity index (χ2v) is 6.86. The normalized spacial score (nSPS) is 11.2. The van der Waals surface area contributed by atoms with Crippen molar-refractivity contribution in [3.05, 3.63) is 78.1 Å². The van der Waals surface area contributed by atoms with Crippen LogP contribution in [-0.4, -0.2) is 30.8 Å². The molecule has 4 aromatic rings. The second-order valence-electron chi connectivity index (χ2n) is 6.45. The van der Waals surface area contributed by atoms with Crippen LogP contribution in [0.1, 0.15) is 5.56 Å². The summed E-state index contributed by atoms with van der Waals surface area (Å²) in [5, 5.41) is 8.37. The Morgan fingerprint density at radius 3 is 2.39 bits per heavy atom. The molecule has 0 bridgehead atoms. The quantitative estimate of drug-likeness (QED) is 0.412. The van der Waals surface area contributed by atoms with E-state index in [-0.39, 0.29) is 11.6 Å². The standard InChI is InChI=1S/C20H13ClF3N7O2/c21-16-6-3-13(7-15(16)20(22,23)24)30-19(32)29-12-1-4-14(5-2-12)33-18-8-17(26-10-27-18)31-11-25-9-28-31/h1-11H,(H2,29,30,32). The number of benzene rings is 2. The second kappa shape index (κ2) is 9.12. The molecular formula is C20H13ClF3N7O2. The number of carbonyl (C=O) groups excluding carboxylic acids is 1. The summed E-state index contributed by atoms with van der Waals surface area (Å²) in [6, 6.07) is 10.2. The summed E-state index contributed by atoms with van der Waals surface area (Å²) >= 11 is 5.58. The third kappa shape index (κ3) is 5.54. The van der Waals surface area contributed by atoms with Crippen LogP contribution in [0.2, 0.25) is 5.02 Å². The van der Waals surface area contributed by atoms with E-state index in [9.17, 15) is 18.0 Å². The summed E-state index contributed by atoms with van der Waals surface area (Å²) in [7, 11) is 0. The van der Waals surface area contributed by atoms with Gasteiger partial charge in [-0.1, -0.05) is 11.6 Å². The largest absolute Gasteiger partial charge is 0.439 e. The lowest BCUT2D eigenvalue weighted by atomic mass is 10.2. The fourth-order valence-electron chi connectivity index (χ4n) is 2.68. The van der Waals surface area contributed by atoms with Gasteiger partial charge in [-0.05, 0) is 42.5 Å². The van der Waals surface area contributed by atoms with Crippen molar-refractivity contribution < 1.29 is 22.7 Å². The number of aromatic nitrogens is 5. The Labute approximate surface area is 189 Å². The van der Waals surface area contributed by atoms with Crippen molar-refractivity contribution in [2.75, 3.05) is 10.6 Å². The van der Waals surface area contributed by atoms with Crippen LogP contribution in [0, 0.1) is 0 Å². The summed E-state index contributed by atoms with van der Waals surface area (Å²) in [6.07, 6.45) is -0.480. The number of alkyl halides is 3. The molecule has 9 nitrogen and oxygen atoms in total. The summed E-state index contributed by atoms with van der Waals surface area (Å²) in [6.45, 7) is 0. The van der Waals surface area contributed by atoms with Gasteiger partial charge in [-0.15, -0.1) is 0 Å². The molecule has 2 heterocycles. The molecule has 0 unspecified atom stereocenters. The van der Waals surface area contributed by atoms with Crippen molar-refractivity contribution in [3.8, 4) is 17.4 Å². The van der Waals surface area contributed by atoms with Gasteiger partial charge in [0.25, 0.3) is 0 Å². The van der Waals surface area contributed by atoms with E-state index < -0.39 is 22.8 Å². The molecule has 0 aliphatic rings. The molecule has 0 atom stereocenters. The number of carbonyl (C=O) groups is 1. The number of hydrogen-bond donors (Lipinski definition) is 2. The minimum Gasteiger partial charge on any atom is -0.439 e. The zero-order valence-corrected chi connectivity index (χ0v) is 17.2. The van der Waals surface area contributed by atoms with Crippen LogP contribution < -0.4 is 15.4 Å². The highest BCUT2D eigenvalue weighted by Gasteiger charge is 2.33. The summed E-state index contributed by atoms with van der Waals surface area (Å²) in [5.74, 6) is 1.15. The van der Waals surface area contributed by atoms with Gasteiger partial charge < -0.3 is 15.4 Å². The molecule has 0 saturated heterocycles. The molecule has 168 valence electrons. The number of nitrogens with zero attached hydrogens (tertiary/aromatic N) is 5. The highest BCUT2D eigenvalue weighted by molar-refractivity contribution is 6.31. The van der Waals surface area contributed by atoms with Crippen LogP contribution in [-0.2, 0) is 6.18 Å². The van der Waals surface area contributed by atoms with Crippen LogP contribution in [0.4, 0.5) is 29.3 Å². The fraction of sp³-hybridized carbons (Fsp3) is 0.0500. The molecule has 2 N–H and O–H groups in total. The van der Waals surface area contributed by atoms with Gasteiger partial charge in [0, 0.05) is 17.4 Å². The third-order valence-corrected chi connectivity index (χ3v) is 4.47. The maximum atomic E-state index is 13.0. The highest BCUT2D eigenvalue weighted by Crippen LogP contribution is 2.36.